The van der Waals surface area contributed by atoms with Crippen molar-refractivity contribution in [1.29, 1.82) is 0 Å². The van der Waals surface area contributed by atoms with Crippen LogP contribution in [0.4, 0.5) is 4.79 Å². The summed E-state index contributed by atoms with van der Waals surface area (Å²) >= 11 is 0. The highest BCUT2D eigenvalue weighted by molar-refractivity contribution is 6.09. The zero-order valence-electron chi connectivity index (χ0n) is 17.0. The number of nitrogens with one attached hydrogen (secondary N) is 3. The van der Waals surface area contributed by atoms with Gasteiger partial charge >= 0.3 is 6.03 Å². The molecule has 1 saturated carbocycles. The lowest BCUT2D eigenvalue weighted by Gasteiger charge is -2.33. The lowest BCUT2D eigenvalue weighted by Crippen LogP contribution is -2.50. The van der Waals surface area contributed by atoms with Crippen LogP contribution >= 0.6 is 0 Å². The average molecular weight is 407 g/mol. The van der Waals surface area contributed by atoms with E-state index in [9.17, 15) is 24.0 Å². The number of imide groups is 1. The first-order valence-electron chi connectivity index (χ1n) is 10.2. The molecule has 0 aromatic carbocycles. The molecule has 10 nitrogen and oxygen atoms in total. The molecule has 160 valence electrons. The van der Waals surface area contributed by atoms with E-state index in [1.165, 1.54) is 11.9 Å². The van der Waals surface area contributed by atoms with Gasteiger partial charge in [0.25, 0.3) is 5.91 Å². The molecule has 1 atom stereocenters. The van der Waals surface area contributed by atoms with Crippen molar-refractivity contribution in [3.05, 3.63) is 0 Å². The fraction of sp³-hybridized carbons (Fsp3) is 0.737. The molecule has 3 fully saturated rings. The summed E-state index contributed by atoms with van der Waals surface area (Å²) in [5.41, 5.74) is -0.893. The Morgan fingerprint density at radius 1 is 1.17 bits per heavy atom. The van der Waals surface area contributed by atoms with Crippen molar-refractivity contribution >= 4 is 29.7 Å². The molecule has 1 aliphatic carbocycles. The number of carbonyl (C=O) groups excluding carboxylic acids is 5. The number of hydrogen-bond acceptors (Lipinski definition) is 5. The first kappa shape index (κ1) is 21.1. The van der Waals surface area contributed by atoms with E-state index in [0.29, 0.717) is 31.7 Å². The molecule has 2 saturated heterocycles. The van der Waals surface area contributed by atoms with Gasteiger partial charge in [-0.1, -0.05) is 6.92 Å². The predicted molar refractivity (Wildman–Crippen MR) is 102 cm³/mol. The van der Waals surface area contributed by atoms with Gasteiger partial charge in [0.1, 0.15) is 18.1 Å². The molecule has 0 aromatic heterocycles. The maximum atomic E-state index is 12.8. The molecule has 10 heteroatoms. The van der Waals surface area contributed by atoms with E-state index < -0.39 is 30.1 Å². The number of amides is 6. The molecule has 3 rings (SSSR count). The highest BCUT2D eigenvalue weighted by Gasteiger charge is 2.52. The summed E-state index contributed by atoms with van der Waals surface area (Å²) in [5.74, 6) is -1.03. The van der Waals surface area contributed by atoms with Gasteiger partial charge in [-0.15, -0.1) is 0 Å². The van der Waals surface area contributed by atoms with E-state index in [4.69, 9.17) is 0 Å². The normalized spacial score (nSPS) is 29.2. The van der Waals surface area contributed by atoms with Gasteiger partial charge in [-0.05, 0) is 44.4 Å². The van der Waals surface area contributed by atoms with Gasteiger partial charge in [-0.3, -0.25) is 24.1 Å². The molecule has 0 bridgehead atoms. The van der Waals surface area contributed by atoms with Gasteiger partial charge in [0.2, 0.25) is 17.7 Å². The van der Waals surface area contributed by atoms with Crippen LogP contribution in [0.15, 0.2) is 0 Å². The minimum atomic E-state index is -0.893. The maximum Gasteiger partial charge on any atom is 0.325 e. The van der Waals surface area contributed by atoms with E-state index in [1.54, 1.807) is 0 Å². The Morgan fingerprint density at radius 2 is 1.86 bits per heavy atom. The van der Waals surface area contributed by atoms with Crippen LogP contribution < -0.4 is 16.0 Å². The monoisotopic (exact) mass is 407 g/mol. The molecular weight excluding hydrogens is 378 g/mol. The summed E-state index contributed by atoms with van der Waals surface area (Å²) in [5, 5.41) is 7.77. The van der Waals surface area contributed by atoms with Crippen molar-refractivity contribution in [2.75, 3.05) is 26.7 Å². The molecule has 2 aliphatic heterocycles. The Morgan fingerprint density at radius 3 is 2.52 bits per heavy atom. The van der Waals surface area contributed by atoms with Crippen molar-refractivity contribution < 1.29 is 24.0 Å². The average Bonchev–Trinajstić information content (AvgIpc) is 3.28. The van der Waals surface area contributed by atoms with Crippen LogP contribution in [0.3, 0.4) is 0 Å². The first-order valence-corrected chi connectivity index (χ1v) is 10.2. The summed E-state index contributed by atoms with van der Waals surface area (Å²) in [6, 6.07) is -1.09. The standard InChI is InChI=1S/C19H29N5O5/c1-12-5-7-19(8-6-12)17(28)24(18(29)22-19)11-14(25)21-10-15(26)23-9-3-4-13(23)16(27)20-2/h12-13H,3-11H2,1-2H3,(H,20,27)(H,21,25)(H,22,29). The van der Waals surface area contributed by atoms with Gasteiger partial charge in [0.15, 0.2) is 0 Å². The van der Waals surface area contributed by atoms with Crippen molar-refractivity contribution in [2.24, 2.45) is 5.92 Å². The highest BCUT2D eigenvalue weighted by Crippen LogP contribution is 2.36. The van der Waals surface area contributed by atoms with E-state index >= 15 is 0 Å². The number of urea groups is 1. The number of carbonyl (C=O) groups is 5. The predicted octanol–water partition coefficient (Wildman–Crippen LogP) is -0.660. The molecule has 3 aliphatic rings. The second kappa shape index (κ2) is 8.38. The minimum absolute atomic E-state index is 0.228. The number of likely N-dealkylation sites (tertiary alicyclic amines) is 1. The molecule has 1 spiro atoms. The summed E-state index contributed by atoms with van der Waals surface area (Å²) in [6.45, 7) is 1.87. The summed E-state index contributed by atoms with van der Waals surface area (Å²) in [4.78, 5) is 63.9. The smallest absolute Gasteiger partial charge is 0.325 e. The highest BCUT2D eigenvalue weighted by atomic mass is 16.2. The Labute approximate surface area is 169 Å². The fourth-order valence-electron chi connectivity index (χ4n) is 4.39. The van der Waals surface area contributed by atoms with Crippen molar-refractivity contribution in [1.82, 2.24) is 25.8 Å². The quantitative estimate of drug-likeness (QED) is 0.521. The van der Waals surface area contributed by atoms with Gasteiger partial charge in [0, 0.05) is 13.6 Å². The van der Waals surface area contributed by atoms with Crippen LogP contribution in [0.25, 0.3) is 0 Å². The maximum absolute atomic E-state index is 12.8. The second-order valence-corrected chi connectivity index (χ2v) is 8.22. The first-order chi connectivity index (χ1) is 13.8. The SMILES string of the molecule is CNC(=O)C1CCCN1C(=O)CNC(=O)CN1C(=O)NC2(CCC(C)CC2)C1=O. The third-order valence-electron chi connectivity index (χ3n) is 6.23. The van der Waals surface area contributed by atoms with Crippen LogP contribution in [0.1, 0.15) is 45.4 Å². The van der Waals surface area contributed by atoms with Gasteiger partial charge in [0.05, 0.1) is 6.54 Å². The van der Waals surface area contributed by atoms with Crippen LogP contribution in [0.5, 0.6) is 0 Å². The topological polar surface area (TPSA) is 128 Å². The lowest BCUT2D eigenvalue weighted by atomic mass is 9.77. The zero-order valence-corrected chi connectivity index (χ0v) is 17.0. The van der Waals surface area contributed by atoms with Crippen LogP contribution in [0, 0.1) is 5.92 Å². The van der Waals surface area contributed by atoms with E-state index in [0.717, 1.165) is 24.2 Å². The Balaban J connectivity index is 1.52. The van der Waals surface area contributed by atoms with Crippen LogP contribution in [-0.2, 0) is 19.2 Å². The molecule has 2 heterocycles. The number of rotatable bonds is 5. The number of nitrogens with zero attached hydrogens (tertiary/aromatic N) is 2. The Bertz CT molecular complexity index is 716. The van der Waals surface area contributed by atoms with E-state index in [2.05, 4.69) is 22.9 Å². The van der Waals surface area contributed by atoms with Crippen molar-refractivity contribution in [3.63, 3.8) is 0 Å². The zero-order chi connectivity index (χ0) is 21.2. The number of likely N-dealkylation sites (N-methyl/N-ethyl adjacent to an activating group) is 1. The lowest BCUT2D eigenvalue weighted by molar-refractivity contribution is -0.139. The van der Waals surface area contributed by atoms with Crippen molar-refractivity contribution in [2.45, 2.75) is 57.0 Å². The minimum Gasteiger partial charge on any atom is -0.357 e. The van der Waals surface area contributed by atoms with E-state index in [1.807, 2.05) is 0 Å². The molecular formula is C19H29N5O5. The van der Waals surface area contributed by atoms with Crippen molar-refractivity contribution in [3.8, 4) is 0 Å². The molecule has 29 heavy (non-hydrogen) atoms. The molecule has 3 N–H and O–H groups in total. The largest absolute Gasteiger partial charge is 0.357 e. The molecule has 6 amide bonds. The van der Waals surface area contributed by atoms with Gasteiger partial charge in [-0.2, -0.15) is 0 Å². The van der Waals surface area contributed by atoms with Gasteiger partial charge in [-0.25, -0.2) is 4.79 Å². The summed E-state index contributed by atoms with van der Waals surface area (Å²) in [7, 11) is 1.52. The molecule has 0 aromatic rings. The molecule has 0 radical (unpaired) electrons. The summed E-state index contributed by atoms with van der Waals surface area (Å²) in [6.07, 6.45) is 4.16. The fourth-order valence-corrected chi connectivity index (χ4v) is 4.39. The number of hydrogen-bond donors (Lipinski definition) is 3. The van der Waals surface area contributed by atoms with Gasteiger partial charge < -0.3 is 20.9 Å². The third kappa shape index (κ3) is 4.20. The summed E-state index contributed by atoms with van der Waals surface area (Å²) < 4.78 is 0. The third-order valence-corrected chi connectivity index (χ3v) is 6.23. The van der Waals surface area contributed by atoms with E-state index in [-0.39, 0.29) is 24.3 Å². The Hall–Kier alpha value is -2.65. The van der Waals surface area contributed by atoms with Crippen LogP contribution in [0.2, 0.25) is 0 Å². The Kier molecular flexibility index (Phi) is 6.09. The van der Waals surface area contributed by atoms with Crippen LogP contribution in [-0.4, -0.2) is 77.7 Å². The molecule has 1 unspecified atom stereocenters. The second-order valence-electron chi connectivity index (χ2n) is 8.22.